The Morgan fingerprint density at radius 3 is 2.89 bits per heavy atom. The zero-order chi connectivity index (χ0) is 6.69. The summed E-state index contributed by atoms with van der Waals surface area (Å²) in [5.74, 6) is 0. The van der Waals surface area contributed by atoms with E-state index in [0.717, 1.165) is 19.4 Å². The van der Waals surface area contributed by atoms with Gasteiger partial charge in [0.25, 0.3) is 0 Å². The molecular formula is C6H11BrO2. The van der Waals surface area contributed by atoms with Gasteiger partial charge in [-0.15, -0.1) is 0 Å². The number of alkyl halides is 1. The third-order valence-electron chi connectivity index (χ3n) is 1.52. The Morgan fingerprint density at radius 2 is 2.44 bits per heavy atom. The van der Waals surface area contributed by atoms with Gasteiger partial charge in [-0.05, 0) is 6.42 Å². The molecule has 0 aliphatic carbocycles. The number of rotatable bonds is 1. The molecule has 2 atom stereocenters. The number of methoxy groups -OCH3 is 1. The van der Waals surface area contributed by atoms with E-state index in [1.165, 1.54) is 0 Å². The van der Waals surface area contributed by atoms with Crippen LogP contribution in [-0.4, -0.2) is 24.8 Å². The van der Waals surface area contributed by atoms with Crippen molar-refractivity contribution in [2.75, 3.05) is 13.7 Å². The first-order valence-corrected chi connectivity index (χ1v) is 4.03. The standard InChI is InChI=1S/C6H11BrO2/c1-8-5-2-3-9-6(7)4-5/h5-6H,2-4H2,1H3/t5?,6-/m0/s1. The highest BCUT2D eigenvalue weighted by atomic mass is 79.9. The highest BCUT2D eigenvalue weighted by Gasteiger charge is 2.19. The van der Waals surface area contributed by atoms with E-state index in [0.29, 0.717) is 6.10 Å². The van der Waals surface area contributed by atoms with Crippen LogP contribution in [0.1, 0.15) is 12.8 Å². The molecule has 0 N–H and O–H groups in total. The minimum Gasteiger partial charge on any atom is -0.381 e. The quantitative estimate of drug-likeness (QED) is 0.590. The van der Waals surface area contributed by atoms with E-state index in [1.807, 2.05) is 0 Å². The fourth-order valence-electron chi connectivity index (χ4n) is 0.934. The van der Waals surface area contributed by atoms with Crippen molar-refractivity contribution in [3.8, 4) is 0 Å². The zero-order valence-electron chi connectivity index (χ0n) is 5.47. The largest absolute Gasteiger partial charge is 0.381 e. The summed E-state index contributed by atoms with van der Waals surface area (Å²) in [6.07, 6.45) is 2.39. The Kier molecular flexibility index (Phi) is 2.95. The van der Waals surface area contributed by atoms with Crippen molar-refractivity contribution in [3.63, 3.8) is 0 Å². The van der Waals surface area contributed by atoms with E-state index in [9.17, 15) is 0 Å². The van der Waals surface area contributed by atoms with Gasteiger partial charge in [-0.3, -0.25) is 0 Å². The first-order valence-electron chi connectivity index (χ1n) is 3.11. The third kappa shape index (κ3) is 2.24. The molecule has 9 heavy (non-hydrogen) atoms. The second-order valence-corrected chi connectivity index (χ2v) is 3.18. The molecule has 0 spiro atoms. The molecular weight excluding hydrogens is 184 g/mol. The lowest BCUT2D eigenvalue weighted by atomic mass is 10.2. The molecule has 1 unspecified atom stereocenters. The van der Waals surface area contributed by atoms with E-state index in [1.54, 1.807) is 7.11 Å². The lowest BCUT2D eigenvalue weighted by Crippen LogP contribution is -2.26. The summed E-state index contributed by atoms with van der Waals surface area (Å²) in [6.45, 7) is 0.814. The van der Waals surface area contributed by atoms with Gasteiger partial charge in [-0.1, -0.05) is 15.9 Å². The van der Waals surface area contributed by atoms with Crippen molar-refractivity contribution < 1.29 is 9.47 Å². The van der Waals surface area contributed by atoms with Crippen molar-refractivity contribution in [1.82, 2.24) is 0 Å². The van der Waals surface area contributed by atoms with Gasteiger partial charge in [0.2, 0.25) is 0 Å². The third-order valence-corrected chi connectivity index (χ3v) is 2.16. The molecule has 1 saturated heterocycles. The number of hydrogen-bond donors (Lipinski definition) is 0. The van der Waals surface area contributed by atoms with Crippen LogP contribution in [0.25, 0.3) is 0 Å². The predicted octanol–water partition coefficient (Wildman–Crippen LogP) is 1.53. The second kappa shape index (κ2) is 3.54. The molecule has 0 amide bonds. The van der Waals surface area contributed by atoms with Gasteiger partial charge < -0.3 is 9.47 Å². The zero-order valence-corrected chi connectivity index (χ0v) is 7.06. The van der Waals surface area contributed by atoms with Crippen LogP contribution in [-0.2, 0) is 9.47 Å². The fourth-order valence-corrected chi connectivity index (χ4v) is 1.54. The van der Waals surface area contributed by atoms with Crippen LogP contribution < -0.4 is 0 Å². The minimum atomic E-state index is 0.205. The van der Waals surface area contributed by atoms with E-state index in [4.69, 9.17) is 9.47 Å². The van der Waals surface area contributed by atoms with Crippen LogP contribution in [0.5, 0.6) is 0 Å². The van der Waals surface area contributed by atoms with Gasteiger partial charge in [-0.2, -0.15) is 0 Å². The van der Waals surface area contributed by atoms with Gasteiger partial charge in [-0.25, -0.2) is 0 Å². The molecule has 0 aromatic heterocycles. The molecule has 0 radical (unpaired) electrons. The highest BCUT2D eigenvalue weighted by molar-refractivity contribution is 9.09. The van der Waals surface area contributed by atoms with E-state index >= 15 is 0 Å². The van der Waals surface area contributed by atoms with Crippen molar-refractivity contribution in [2.24, 2.45) is 0 Å². The van der Waals surface area contributed by atoms with Gasteiger partial charge in [0.1, 0.15) is 5.01 Å². The average Bonchev–Trinajstić information content (AvgIpc) is 1.88. The average molecular weight is 195 g/mol. The molecule has 54 valence electrons. The second-order valence-electron chi connectivity index (χ2n) is 2.16. The maximum absolute atomic E-state index is 5.25. The monoisotopic (exact) mass is 194 g/mol. The van der Waals surface area contributed by atoms with Crippen molar-refractivity contribution in [1.29, 1.82) is 0 Å². The molecule has 1 rings (SSSR count). The summed E-state index contributed by atoms with van der Waals surface area (Å²) in [7, 11) is 1.75. The normalized spacial score (nSPS) is 36.7. The molecule has 1 heterocycles. The van der Waals surface area contributed by atoms with Crippen LogP contribution in [0.4, 0.5) is 0 Å². The molecule has 1 fully saturated rings. The van der Waals surface area contributed by atoms with Crippen LogP contribution in [0, 0.1) is 0 Å². The summed E-state index contributed by atoms with van der Waals surface area (Å²) >= 11 is 3.37. The fraction of sp³-hybridized carbons (Fsp3) is 1.00. The summed E-state index contributed by atoms with van der Waals surface area (Å²) < 4.78 is 10.4. The van der Waals surface area contributed by atoms with Crippen molar-refractivity contribution in [2.45, 2.75) is 24.0 Å². The van der Waals surface area contributed by atoms with Gasteiger partial charge >= 0.3 is 0 Å². The minimum absolute atomic E-state index is 0.205. The number of hydrogen-bond acceptors (Lipinski definition) is 2. The lowest BCUT2D eigenvalue weighted by Gasteiger charge is -2.24. The van der Waals surface area contributed by atoms with Gasteiger partial charge in [0.05, 0.1) is 12.7 Å². The van der Waals surface area contributed by atoms with Crippen LogP contribution >= 0.6 is 15.9 Å². The summed E-state index contributed by atoms with van der Waals surface area (Å²) in [5.41, 5.74) is 0. The summed E-state index contributed by atoms with van der Waals surface area (Å²) in [4.78, 5) is 0. The molecule has 2 nitrogen and oxygen atoms in total. The Balaban J connectivity index is 2.23. The van der Waals surface area contributed by atoms with Gasteiger partial charge in [0.15, 0.2) is 0 Å². The van der Waals surface area contributed by atoms with Crippen molar-refractivity contribution in [3.05, 3.63) is 0 Å². The maximum atomic E-state index is 5.25. The molecule has 0 bridgehead atoms. The van der Waals surface area contributed by atoms with E-state index < -0.39 is 0 Å². The molecule has 0 saturated carbocycles. The number of ether oxygens (including phenoxy) is 2. The Labute approximate surface area is 63.7 Å². The lowest BCUT2D eigenvalue weighted by molar-refractivity contribution is -0.0211. The van der Waals surface area contributed by atoms with Crippen molar-refractivity contribution >= 4 is 15.9 Å². The predicted molar refractivity (Wildman–Crippen MR) is 38.7 cm³/mol. The van der Waals surface area contributed by atoms with E-state index in [2.05, 4.69) is 15.9 Å². The maximum Gasteiger partial charge on any atom is 0.114 e. The molecule has 1 aliphatic heterocycles. The van der Waals surface area contributed by atoms with Crippen LogP contribution in [0.3, 0.4) is 0 Å². The molecule has 0 aromatic rings. The van der Waals surface area contributed by atoms with Crippen LogP contribution in [0.2, 0.25) is 0 Å². The summed E-state index contributed by atoms with van der Waals surface area (Å²) in [6, 6.07) is 0. The topological polar surface area (TPSA) is 18.5 Å². The Bertz CT molecular complexity index is 87.1. The first-order chi connectivity index (χ1) is 4.33. The molecule has 3 heteroatoms. The molecule has 0 aromatic carbocycles. The Morgan fingerprint density at radius 1 is 1.67 bits per heavy atom. The Hall–Kier alpha value is 0.400. The first kappa shape index (κ1) is 7.51. The smallest absolute Gasteiger partial charge is 0.114 e. The van der Waals surface area contributed by atoms with Gasteiger partial charge in [0, 0.05) is 13.5 Å². The van der Waals surface area contributed by atoms with Crippen LogP contribution in [0.15, 0.2) is 0 Å². The molecule has 1 aliphatic rings. The number of halogens is 1. The summed E-state index contributed by atoms with van der Waals surface area (Å²) in [5, 5.41) is 0.205. The SMILES string of the molecule is COC1CCO[C@H](Br)C1. The van der Waals surface area contributed by atoms with E-state index in [-0.39, 0.29) is 5.01 Å². The highest BCUT2D eigenvalue weighted by Crippen LogP contribution is 2.19.